The van der Waals surface area contributed by atoms with Crippen molar-refractivity contribution in [3.05, 3.63) is 71.3 Å². The summed E-state index contributed by atoms with van der Waals surface area (Å²) >= 11 is 0. The number of fused-ring (bicyclic) bond motifs is 1. The summed E-state index contributed by atoms with van der Waals surface area (Å²) < 4.78 is 5.66. The average Bonchev–Trinajstić information content (AvgIpc) is 2.48. The molecular weight excluding hydrogens is 238 g/mol. The van der Waals surface area contributed by atoms with Crippen LogP contribution in [0.15, 0.2) is 54.6 Å². The first kappa shape index (κ1) is 11.9. The summed E-state index contributed by atoms with van der Waals surface area (Å²) in [4.78, 5) is 12.1. The summed E-state index contributed by atoms with van der Waals surface area (Å²) in [5.74, 6) is -0.109. The van der Waals surface area contributed by atoms with Crippen molar-refractivity contribution in [1.82, 2.24) is 5.32 Å². The van der Waals surface area contributed by atoms with E-state index in [0.717, 1.165) is 12.0 Å². The van der Waals surface area contributed by atoms with Crippen molar-refractivity contribution in [2.24, 2.45) is 0 Å². The highest BCUT2D eigenvalue weighted by atomic mass is 16.5. The van der Waals surface area contributed by atoms with E-state index in [1.807, 2.05) is 36.4 Å². The van der Waals surface area contributed by atoms with Crippen LogP contribution in [0.25, 0.3) is 0 Å². The fraction of sp³-hybridized carbons (Fsp3) is 0.188. The molecule has 0 aromatic heterocycles. The molecule has 2 aromatic carbocycles. The molecule has 0 saturated heterocycles. The van der Waals surface area contributed by atoms with E-state index < -0.39 is 0 Å². The van der Waals surface area contributed by atoms with Gasteiger partial charge in [0.2, 0.25) is 0 Å². The molecule has 1 atom stereocenters. The minimum atomic E-state index is -0.349. The molecule has 1 aliphatic rings. The van der Waals surface area contributed by atoms with Gasteiger partial charge >= 0.3 is 0 Å². The van der Waals surface area contributed by atoms with Crippen molar-refractivity contribution in [3.8, 4) is 0 Å². The molecule has 1 amide bonds. The molecular formula is C16H15NO2. The molecule has 0 radical (unpaired) electrons. The first-order chi connectivity index (χ1) is 9.34. The van der Waals surface area contributed by atoms with E-state index in [1.54, 1.807) is 12.1 Å². The van der Waals surface area contributed by atoms with Crippen molar-refractivity contribution in [3.63, 3.8) is 0 Å². The maximum atomic E-state index is 12.1. The highest BCUT2D eigenvalue weighted by Gasteiger charge is 2.22. The third kappa shape index (κ3) is 2.51. The Morgan fingerprint density at radius 2 is 1.79 bits per heavy atom. The van der Waals surface area contributed by atoms with E-state index >= 15 is 0 Å². The Kier molecular flexibility index (Phi) is 3.29. The molecule has 3 heteroatoms. The van der Waals surface area contributed by atoms with Crippen LogP contribution in [-0.4, -0.2) is 12.5 Å². The molecule has 0 fully saturated rings. The lowest BCUT2D eigenvalue weighted by atomic mass is 10.0. The molecule has 0 bridgehead atoms. The standard InChI is InChI=1S/C16H15NO2/c18-15(13-7-2-1-3-8-13)17-16-14-9-5-4-6-12(14)10-11-19-16/h1-9,16H,10-11H2,(H,17,18). The lowest BCUT2D eigenvalue weighted by Crippen LogP contribution is -2.33. The lowest BCUT2D eigenvalue weighted by Gasteiger charge is -2.26. The average molecular weight is 253 g/mol. The Labute approximate surface area is 112 Å². The highest BCUT2D eigenvalue weighted by molar-refractivity contribution is 5.94. The third-order valence-electron chi connectivity index (χ3n) is 3.29. The lowest BCUT2D eigenvalue weighted by molar-refractivity contribution is 0.0185. The number of rotatable bonds is 2. The summed E-state index contributed by atoms with van der Waals surface area (Å²) in [6, 6.07) is 17.3. The zero-order valence-electron chi connectivity index (χ0n) is 10.5. The van der Waals surface area contributed by atoms with E-state index in [2.05, 4.69) is 11.4 Å². The molecule has 3 nitrogen and oxygen atoms in total. The number of benzene rings is 2. The Morgan fingerprint density at radius 3 is 2.63 bits per heavy atom. The van der Waals surface area contributed by atoms with Gasteiger partial charge in [-0.1, -0.05) is 42.5 Å². The number of carbonyl (C=O) groups is 1. The first-order valence-corrected chi connectivity index (χ1v) is 6.40. The third-order valence-corrected chi connectivity index (χ3v) is 3.29. The second kappa shape index (κ2) is 5.24. The van der Waals surface area contributed by atoms with Gasteiger partial charge < -0.3 is 10.1 Å². The highest BCUT2D eigenvalue weighted by Crippen LogP contribution is 2.24. The van der Waals surface area contributed by atoms with Crippen LogP contribution < -0.4 is 5.32 Å². The second-order valence-corrected chi connectivity index (χ2v) is 4.54. The number of nitrogens with one attached hydrogen (secondary N) is 1. The Bertz CT molecular complexity index is 580. The van der Waals surface area contributed by atoms with Crippen LogP contribution in [0.5, 0.6) is 0 Å². The van der Waals surface area contributed by atoms with E-state index in [-0.39, 0.29) is 12.1 Å². The molecule has 1 heterocycles. The Balaban J connectivity index is 1.80. The summed E-state index contributed by atoms with van der Waals surface area (Å²) in [5.41, 5.74) is 2.94. The predicted octanol–water partition coefficient (Wildman–Crippen LogP) is 2.69. The molecule has 1 unspecified atom stereocenters. The van der Waals surface area contributed by atoms with Gasteiger partial charge in [-0.3, -0.25) is 4.79 Å². The van der Waals surface area contributed by atoms with Crippen LogP contribution in [0.4, 0.5) is 0 Å². The molecule has 0 spiro atoms. The van der Waals surface area contributed by atoms with Crippen LogP contribution >= 0.6 is 0 Å². The largest absolute Gasteiger partial charge is 0.354 e. The quantitative estimate of drug-likeness (QED) is 0.893. The fourth-order valence-corrected chi connectivity index (χ4v) is 2.31. The van der Waals surface area contributed by atoms with Crippen molar-refractivity contribution in [1.29, 1.82) is 0 Å². The smallest absolute Gasteiger partial charge is 0.253 e. The molecule has 19 heavy (non-hydrogen) atoms. The summed E-state index contributed by atoms with van der Waals surface area (Å²) in [6.07, 6.45) is 0.547. The van der Waals surface area contributed by atoms with Crippen LogP contribution in [0, 0.1) is 0 Å². The van der Waals surface area contributed by atoms with Crippen molar-refractivity contribution in [2.75, 3.05) is 6.61 Å². The molecule has 2 aromatic rings. The van der Waals surface area contributed by atoms with Gasteiger partial charge in [-0.25, -0.2) is 0 Å². The monoisotopic (exact) mass is 253 g/mol. The molecule has 1 N–H and O–H groups in total. The molecule has 1 aliphatic heterocycles. The number of ether oxygens (including phenoxy) is 1. The van der Waals surface area contributed by atoms with Gasteiger partial charge in [0.05, 0.1) is 6.61 Å². The maximum absolute atomic E-state index is 12.1. The predicted molar refractivity (Wildman–Crippen MR) is 72.7 cm³/mol. The molecule has 96 valence electrons. The van der Waals surface area contributed by atoms with E-state index in [0.29, 0.717) is 12.2 Å². The van der Waals surface area contributed by atoms with Crippen molar-refractivity contribution in [2.45, 2.75) is 12.6 Å². The van der Waals surface area contributed by atoms with Gasteiger partial charge in [-0.15, -0.1) is 0 Å². The zero-order chi connectivity index (χ0) is 13.1. The SMILES string of the molecule is O=C(NC1OCCc2ccccc21)c1ccccc1. The van der Waals surface area contributed by atoms with Crippen LogP contribution in [0.2, 0.25) is 0 Å². The molecule has 0 saturated carbocycles. The normalized spacial score (nSPS) is 17.6. The number of amides is 1. The fourth-order valence-electron chi connectivity index (χ4n) is 2.31. The maximum Gasteiger partial charge on any atom is 0.253 e. The summed E-state index contributed by atoms with van der Waals surface area (Å²) in [7, 11) is 0. The number of hydrogen-bond acceptors (Lipinski definition) is 2. The van der Waals surface area contributed by atoms with Gasteiger partial charge in [0, 0.05) is 11.1 Å². The van der Waals surface area contributed by atoms with Gasteiger partial charge in [-0.2, -0.15) is 0 Å². The number of carbonyl (C=O) groups excluding carboxylic acids is 1. The van der Waals surface area contributed by atoms with Crippen LogP contribution in [0.1, 0.15) is 27.7 Å². The zero-order valence-corrected chi connectivity index (χ0v) is 10.5. The van der Waals surface area contributed by atoms with E-state index in [4.69, 9.17) is 4.74 Å². The summed E-state index contributed by atoms with van der Waals surface area (Å²) in [6.45, 7) is 0.636. The topological polar surface area (TPSA) is 38.3 Å². The van der Waals surface area contributed by atoms with Crippen molar-refractivity contribution >= 4 is 5.91 Å². The number of hydrogen-bond donors (Lipinski definition) is 1. The van der Waals surface area contributed by atoms with Gasteiger partial charge in [0.25, 0.3) is 5.91 Å². The van der Waals surface area contributed by atoms with Crippen LogP contribution in [0.3, 0.4) is 0 Å². The van der Waals surface area contributed by atoms with E-state index in [9.17, 15) is 4.79 Å². The first-order valence-electron chi connectivity index (χ1n) is 6.40. The van der Waals surface area contributed by atoms with Gasteiger partial charge in [0.1, 0.15) is 0 Å². The van der Waals surface area contributed by atoms with E-state index in [1.165, 1.54) is 5.56 Å². The Morgan fingerprint density at radius 1 is 1.05 bits per heavy atom. The summed E-state index contributed by atoms with van der Waals surface area (Å²) in [5, 5.41) is 2.93. The van der Waals surface area contributed by atoms with Gasteiger partial charge in [0.15, 0.2) is 6.23 Å². The minimum absolute atomic E-state index is 0.109. The molecule has 0 aliphatic carbocycles. The minimum Gasteiger partial charge on any atom is -0.354 e. The van der Waals surface area contributed by atoms with Crippen molar-refractivity contribution < 1.29 is 9.53 Å². The molecule has 3 rings (SSSR count). The van der Waals surface area contributed by atoms with Crippen LogP contribution in [-0.2, 0) is 11.2 Å². The Hall–Kier alpha value is -2.13. The van der Waals surface area contributed by atoms with Gasteiger partial charge in [-0.05, 0) is 24.1 Å². The second-order valence-electron chi connectivity index (χ2n) is 4.54.